The maximum absolute atomic E-state index is 12.9. The van der Waals surface area contributed by atoms with Gasteiger partial charge in [0.25, 0.3) is 15.9 Å². The smallest absolute Gasteiger partial charge is 0.406 e. The highest BCUT2D eigenvalue weighted by Gasteiger charge is 2.31. The Morgan fingerprint density at radius 3 is 2.46 bits per heavy atom. The van der Waals surface area contributed by atoms with Crippen LogP contribution in [0.1, 0.15) is 12.5 Å². The number of carbonyl (C=O) groups excluding carboxylic acids is 1. The molecule has 35 heavy (non-hydrogen) atoms. The SMILES string of the molecule is C=C(C(=O)NCc1ccnc(-c2ccc(OC(F)(F)F)cc2)c1)N(CC)S(=O)(=O)c1ccc(Cl)s1. The third-order valence-corrected chi connectivity index (χ3v) is 8.22. The number of hydrogen-bond acceptors (Lipinski definition) is 6. The van der Waals surface area contributed by atoms with Crippen molar-refractivity contribution in [3.63, 3.8) is 0 Å². The molecule has 0 unspecified atom stereocenters. The maximum atomic E-state index is 12.9. The number of amides is 1. The van der Waals surface area contributed by atoms with Gasteiger partial charge in [-0.2, -0.15) is 0 Å². The molecule has 186 valence electrons. The zero-order valence-electron chi connectivity index (χ0n) is 18.2. The molecule has 0 aliphatic carbocycles. The number of alkyl halides is 3. The minimum absolute atomic E-state index is 0.0104. The van der Waals surface area contributed by atoms with Crippen LogP contribution in [0.4, 0.5) is 13.2 Å². The fourth-order valence-electron chi connectivity index (χ4n) is 3.02. The third kappa shape index (κ3) is 6.74. The van der Waals surface area contributed by atoms with Crippen LogP contribution in [0.15, 0.2) is 71.2 Å². The van der Waals surface area contributed by atoms with Crippen LogP contribution < -0.4 is 10.1 Å². The molecule has 0 fully saturated rings. The first-order chi connectivity index (χ1) is 16.4. The first-order valence-electron chi connectivity index (χ1n) is 9.97. The van der Waals surface area contributed by atoms with Crippen LogP contribution in [-0.2, 0) is 21.4 Å². The minimum atomic E-state index is -4.79. The van der Waals surface area contributed by atoms with Gasteiger partial charge in [-0.15, -0.1) is 24.5 Å². The van der Waals surface area contributed by atoms with Gasteiger partial charge in [-0.3, -0.25) is 14.1 Å². The first-order valence-corrected chi connectivity index (χ1v) is 12.6. The van der Waals surface area contributed by atoms with Crippen LogP contribution in [-0.4, -0.2) is 36.5 Å². The molecule has 3 rings (SSSR count). The van der Waals surface area contributed by atoms with E-state index < -0.39 is 22.3 Å². The molecule has 2 aromatic heterocycles. The lowest BCUT2D eigenvalue weighted by molar-refractivity contribution is -0.274. The lowest BCUT2D eigenvalue weighted by Crippen LogP contribution is -2.37. The predicted molar refractivity (Wildman–Crippen MR) is 126 cm³/mol. The Bertz CT molecular complexity index is 1330. The van der Waals surface area contributed by atoms with Crippen LogP contribution >= 0.6 is 22.9 Å². The average Bonchev–Trinajstić information content (AvgIpc) is 3.24. The van der Waals surface area contributed by atoms with Crippen LogP contribution in [0.5, 0.6) is 5.75 Å². The van der Waals surface area contributed by atoms with Gasteiger partial charge < -0.3 is 10.1 Å². The second-order valence-electron chi connectivity index (χ2n) is 6.98. The number of nitrogens with zero attached hydrogens (tertiary/aromatic N) is 2. The van der Waals surface area contributed by atoms with E-state index in [2.05, 4.69) is 21.6 Å². The number of aromatic nitrogens is 1. The van der Waals surface area contributed by atoms with Crippen molar-refractivity contribution in [3.05, 3.63) is 76.9 Å². The van der Waals surface area contributed by atoms with Gasteiger partial charge in [0.05, 0.1) is 10.0 Å². The molecule has 1 aromatic carbocycles. The standard InChI is InChI=1S/C22H19ClF3N3O4S2/c1-3-29(35(31,32)20-9-8-19(23)34-20)14(2)21(30)28-13-15-10-11-27-18(12-15)16-4-6-17(7-5-16)33-22(24,25)26/h4-12H,2-3,13H2,1H3,(H,28,30). The van der Waals surface area contributed by atoms with Gasteiger partial charge in [-0.1, -0.05) is 18.2 Å². The number of carbonyl (C=O) groups is 1. The molecule has 0 atom stereocenters. The second kappa shape index (κ2) is 10.7. The number of sulfonamides is 1. The van der Waals surface area contributed by atoms with E-state index >= 15 is 0 Å². The summed E-state index contributed by atoms with van der Waals surface area (Å²) < 4.78 is 67.8. The van der Waals surface area contributed by atoms with Crippen LogP contribution in [0, 0.1) is 0 Å². The van der Waals surface area contributed by atoms with E-state index in [1.807, 2.05) is 0 Å². The first kappa shape index (κ1) is 26.5. The Morgan fingerprint density at radius 1 is 1.20 bits per heavy atom. The number of halogens is 4. The fourth-order valence-corrected chi connectivity index (χ4v) is 6.06. The van der Waals surface area contributed by atoms with E-state index in [-0.39, 0.29) is 28.7 Å². The second-order valence-corrected chi connectivity index (χ2v) is 10.8. The van der Waals surface area contributed by atoms with Crippen molar-refractivity contribution in [1.29, 1.82) is 0 Å². The molecule has 0 aliphatic rings. The van der Waals surface area contributed by atoms with E-state index in [1.165, 1.54) is 42.6 Å². The molecule has 0 bridgehead atoms. The van der Waals surface area contributed by atoms with Crippen molar-refractivity contribution >= 4 is 38.9 Å². The lowest BCUT2D eigenvalue weighted by atomic mass is 10.1. The number of nitrogens with one attached hydrogen (secondary N) is 1. The van der Waals surface area contributed by atoms with E-state index in [4.69, 9.17) is 11.6 Å². The summed E-state index contributed by atoms with van der Waals surface area (Å²) in [7, 11) is -4.00. The van der Waals surface area contributed by atoms with Crippen molar-refractivity contribution in [1.82, 2.24) is 14.6 Å². The van der Waals surface area contributed by atoms with Gasteiger partial charge >= 0.3 is 6.36 Å². The van der Waals surface area contributed by atoms with Gasteiger partial charge in [0.15, 0.2) is 0 Å². The summed E-state index contributed by atoms with van der Waals surface area (Å²) in [6, 6.07) is 11.3. The van der Waals surface area contributed by atoms with E-state index in [0.29, 0.717) is 21.2 Å². The lowest BCUT2D eigenvalue weighted by Gasteiger charge is -2.23. The number of hydrogen-bond donors (Lipinski definition) is 1. The summed E-state index contributed by atoms with van der Waals surface area (Å²) in [6.07, 6.45) is -3.31. The molecule has 13 heteroatoms. The van der Waals surface area contributed by atoms with Crippen molar-refractivity contribution in [3.8, 4) is 17.0 Å². The summed E-state index contributed by atoms with van der Waals surface area (Å²) in [4.78, 5) is 16.8. The molecular weight excluding hydrogens is 527 g/mol. The summed E-state index contributed by atoms with van der Waals surface area (Å²) in [5, 5.41) is 2.62. The molecule has 7 nitrogen and oxygen atoms in total. The quantitative estimate of drug-likeness (QED) is 0.373. The normalized spacial score (nSPS) is 11.7. The average molecular weight is 546 g/mol. The molecule has 0 radical (unpaired) electrons. The molecule has 3 aromatic rings. The number of thiophene rings is 1. The Labute approximate surface area is 208 Å². The number of ether oxygens (including phenoxy) is 1. The molecule has 0 spiro atoms. The molecule has 1 N–H and O–H groups in total. The highest BCUT2D eigenvalue weighted by atomic mass is 35.5. The number of rotatable bonds is 9. The van der Waals surface area contributed by atoms with E-state index in [1.54, 1.807) is 19.1 Å². The van der Waals surface area contributed by atoms with Crippen molar-refractivity contribution in [2.45, 2.75) is 24.0 Å². The summed E-state index contributed by atoms with van der Waals surface area (Å²) >= 11 is 6.71. The predicted octanol–water partition coefficient (Wildman–Crippen LogP) is 5.20. The van der Waals surface area contributed by atoms with Gasteiger partial charge in [0.1, 0.15) is 15.7 Å². The number of likely N-dealkylation sites (N-methyl/N-ethyl adjacent to an activating group) is 1. The molecule has 1 amide bonds. The Kier molecular flexibility index (Phi) is 8.08. The van der Waals surface area contributed by atoms with Crippen molar-refractivity contribution in [2.24, 2.45) is 0 Å². The Balaban J connectivity index is 1.68. The summed E-state index contributed by atoms with van der Waals surface area (Å²) in [5.74, 6) is -1.05. The van der Waals surface area contributed by atoms with E-state index in [0.717, 1.165) is 15.6 Å². The third-order valence-electron chi connectivity index (χ3n) is 4.60. The van der Waals surface area contributed by atoms with Crippen molar-refractivity contribution in [2.75, 3.05) is 6.54 Å². The van der Waals surface area contributed by atoms with Crippen LogP contribution in [0.3, 0.4) is 0 Å². The highest BCUT2D eigenvalue weighted by Crippen LogP contribution is 2.30. The highest BCUT2D eigenvalue weighted by molar-refractivity contribution is 7.91. The van der Waals surface area contributed by atoms with Gasteiger partial charge in [-0.05, 0) is 61.0 Å². The molecule has 2 heterocycles. The molecule has 0 saturated carbocycles. The van der Waals surface area contributed by atoms with Crippen molar-refractivity contribution < 1.29 is 31.1 Å². The zero-order valence-corrected chi connectivity index (χ0v) is 20.6. The van der Waals surface area contributed by atoms with Gasteiger partial charge in [-0.25, -0.2) is 8.42 Å². The Morgan fingerprint density at radius 2 is 1.89 bits per heavy atom. The largest absolute Gasteiger partial charge is 0.573 e. The maximum Gasteiger partial charge on any atom is 0.573 e. The molecule has 0 aliphatic heterocycles. The monoisotopic (exact) mass is 545 g/mol. The topological polar surface area (TPSA) is 88.6 Å². The number of benzene rings is 1. The number of pyridine rings is 1. The van der Waals surface area contributed by atoms with Gasteiger partial charge in [0.2, 0.25) is 0 Å². The fraction of sp³-hybridized carbons (Fsp3) is 0.182. The molecular formula is C22H19ClF3N3O4S2. The van der Waals surface area contributed by atoms with Gasteiger partial charge in [0, 0.05) is 24.8 Å². The van der Waals surface area contributed by atoms with Crippen LogP contribution in [0.25, 0.3) is 11.3 Å². The molecule has 0 saturated heterocycles. The summed E-state index contributed by atoms with van der Waals surface area (Å²) in [6.45, 7) is 5.23. The minimum Gasteiger partial charge on any atom is -0.406 e. The Hall–Kier alpha value is -3.09. The zero-order chi connectivity index (χ0) is 25.8. The van der Waals surface area contributed by atoms with E-state index in [9.17, 15) is 26.4 Å². The van der Waals surface area contributed by atoms with Crippen LogP contribution in [0.2, 0.25) is 4.34 Å². The summed E-state index contributed by atoms with van der Waals surface area (Å²) in [5.41, 5.74) is 1.37.